The molecule has 25 heavy (non-hydrogen) atoms. The number of hydrogen-bond acceptors (Lipinski definition) is 3. The Labute approximate surface area is 175 Å². The summed E-state index contributed by atoms with van der Waals surface area (Å²) in [5.41, 5.74) is 0.351. The molecule has 2 aliphatic rings. The van der Waals surface area contributed by atoms with E-state index in [0.29, 0.717) is 18.6 Å². The highest BCUT2D eigenvalue weighted by Gasteiger charge is 2.42. The van der Waals surface area contributed by atoms with Crippen LogP contribution in [0.2, 0.25) is 0 Å². The van der Waals surface area contributed by atoms with Crippen molar-refractivity contribution in [1.82, 2.24) is 10.2 Å². The second kappa shape index (κ2) is 9.97. The molecule has 0 amide bonds. The van der Waals surface area contributed by atoms with Crippen LogP contribution in [0.25, 0.3) is 0 Å². The van der Waals surface area contributed by atoms with Gasteiger partial charge in [-0.3, -0.25) is 0 Å². The number of aliphatic imine (C=N–C) groups is 1. The Bertz CT molecular complexity index is 562. The summed E-state index contributed by atoms with van der Waals surface area (Å²) in [6, 6.07) is 7.89. The summed E-state index contributed by atoms with van der Waals surface area (Å²) in [6.07, 6.45) is 2.38. The van der Waals surface area contributed by atoms with Crippen molar-refractivity contribution in [2.24, 2.45) is 10.4 Å². The van der Waals surface area contributed by atoms with Crippen molar-refractivity contribution in [3.63, 3.8) is 0 Å². The molecule has 0 saturated carbocycles. The normalized spacial score (nSPS) is 23.0. The van der Waals surface area contributed by atoms with Crippen LogP contribution in [0.15, 0.2) is 33.7 Å². The molecule has 1 unspecified atom stereocenters. The first-order valence-electron chi connectivity index (χ1n) is 8.70. The van der Waals surface area contributed by atoms with E-state index in [2.05, 4.69) is 33.1 Å². The molecule has 2 saturated heterocycles. The van der Waals surface area contributed by atoms with Crippen molar-refractivity contribution >= 4 is 45.9 Å². The third kappa shape index (κ3) is 5.72. The summed E-state index contributed by atoms with van der Waals surface area (Å²) in [5.74, 6) is 1.88. The summed E-state index contributed by atoms with van der Waals surface area (Å²) < 4.78 is 12.4. The van der Waals surface area contributed by atoms with Gasteiger partial charge in [0, 0.05) is 36.1 Å². The number of benzene rings is 1. The highest BCUT2D eigenvalue weighted by molar-refractivity contribution is 14.0. The van der Waals surface area contributed by atoms with Crippen molar-refractivity contribution < 1.29 is 9.47 Å². The van der Waals surface area contributed by atoms with Gasteiger partial charge in [-0.05, 0) is 44.0 Å². The van der Waals surface area contributed by atoms with E-state index in [1.165, 1.54) is 12.8 Å². The maximum Gasteiger partial charge on any atom is 0.194 e. The Balaban J connectivity index is 0.00000225. The van der Waals surface area contributed by atoms with E-state index >= 15 is 0 Å². The van der Waals surface area contributed by atoms with Crippen molar-refractivity contribution in [1.29, 1.82) is 0 Å². The zero-order chi connectivity index (χ0) is 16.8. The van der Waals surface area contributed by atoms with Gasteiger partial charge >= 0.3 is 0 Å². The van der Waals surface area contributed by atoms with E-state index in [1.807, 2.05) is 24.3 Å². The molecule has 2 fully saturated rings. The number of rotatable bonds is 5. The molecule has 0 aliphatic carbocycles. The van der Waals surface area contributed by atoms with Crippen LogP contribution in [0.5, 0.6) is 5.75 Å². The number of hydrogen-bond donors (Lipinski definition) is 1. The summed E-state index contributed by atoms with van der Waals surface area (Å²) >= 11 is 3.43. The van der Waals surface area contributed by atoms with Crippen molar-refractivity contribution in [2.45, 2.75) is 19.8 Å². The Morgan fingerprint density at radius 1 is 1.36 bits per heavy atom. The number of likely N-dealkylation sites (tertiary alicyclic amines) is 1. The monoisotopic (exact) mass is 523 g/mol. The quantitative estimate of drug-likeness (QED) is 0.277. The lowest BCUT2D eigenvalue weighted by Crippen LogP contribution is -2.41. The molecule has 0 bridgehead atoms. The molecule has 1 aromatic rings. The summed E-state index contributed by atoms with van der Waals surface area (Å²) in [6.45, 7) is 8.13. The molecule has 140 valence electrons. The average Bonchev–Trinajstić information content (AvgIpc) is 3.22. The maximum absolute atomic E-state index is 5.75. The maximum atomic E-state index is 5.75. The van der Waals surface area contributed by atoms with Crippen molar-refractivity contribution in [2.75, 3.05) is 46.0 Å². The van der Waals surface area contributed by atoms with E-state index < -0.39 is 0 Å². The minimum absolute atomic E-state index is 0. The molecule has 0 aromatic heterocycles. The van der Waals surface area contributed by atoms with Gasteiger partial charge in [-0.1, -0.05) is 15.9 Å². The molecular weight excluding hydrogens is 497 g/mol. The van der Waals surface area contributed by atoms with E-state index in [0.717, 1.165) is 49.0 Å². The third-order valence-electron chi connectivity index (χ3n) is 4.69. The van der Waals surface area contributed by atoms with Crippen molar-refractivity contribution in [3.8, 4) is 5.75 Å². The summed E-state index contributed by atoms with van der Waals surface area (Å²) in [7, 11) is 0. The lowest BCUT2D eigenvalue weighted by atomic mass is 9.87. The minimum atomic E-state index is 0. The van der Waals surface area contributed by atoms with E-state index in [-0.39, 0.29) is 24.0 Å². The average molecular weight is 524 g/mol. The molecule has 7 heteroatoms. The fourth-order valence-electron chi connectivity index (χ4n) is 3.36. The molecule has 5 nitrogen and oxygen atoms in total. The second-order valence-electron chi connectivity index (χ2n) is 6.51. The van der Waals surface area contributed by atoms with Crippen LogP contribution in [-0.4, -0.2) is 56.9 Å². The molecule has 0 radical (unpaired) electrons. The molecule has 1 N–H and O–H groups in total. The lowest BCUT2D eigenvalue weighted by molar-refractivity contribution is 0.156. The Morgan fingerprint density at radius 3 is 2.84 bits per heavy atom. The Hall–Kier alpha value is -0.540. The first kappa shape index (κ1) is 20.8. The number of nitrogens with one attached hydrogen (secondary N) is 1. The van der Waals surface area contributed by atoms with Crippen LogP contribution in [0.3, 0.4) is 0 Å². The topological polar surface area (TPSA) is 46.1 Å². The molecule has 2 heterocycles. The fraction of sp³-hybridized carbons (Fsp3) is 0.611. The SMILES string of the molecule is CCNC(=NCCOc1ccc(Br)cc1)N1CCC2(CCOC2)C1.I. The Kier molecular flexibility index (Phi) is 8.28. The standard InChI is InChI=1S/C18H26BrN3O2.HI/c1-2-20-17(22-10-7-18(13-22)8-11-23-14-18)21-9-12-24-16-5-3-15(19)4-6-16;/h3-6H,2,7-14H2,1H3,(H,20,21);1H. The summed E-state index contributed by atoms with van der Waals surface area (Å²) in [5, 5.41) is 3.41. The Morgan fingerprint density at radius 2 is 2.16 bits per heavy atom. The summed E-state index contributed by atoms with van der Waals surface area (Å²) in [4.78, 5) is 7.11. The lowest BCUT2D eigenvalue weighted by Gasteiger charge is -2.25. The van der Waals surface area contributed by atoms with Crippen molar-refractivity contribution in [3.05, 3.63) is 28.7 Å². The first-order valence-corrected chi connectivity index (χ1v) is 9.49. The van der Waals surface area contributed by atoms with Gasteiger partial charge in [-0.2, -0.15) is 0 Å². The highest BCUT2D eigenvalue weighted by atomic mass is 127. The number of halogens is 2. The largest absolute Gasteiger partial charge is 0.492 e. The van der Waals surface area contributed by atoms with Gasteiger partial charge in [0.1, 0.15) is 12.4 Å². The van der Waals surface area contributed by atoms with Gasteiger partial charge in [0.25, 0.3) is 0 Å². The van der Waals surface area contributed by atoms with E-state index in [9.17, 15) is 0 Å². The zero-order valence-electron chi connectivity index (χ0n) is 14.7. The number of guanidine groups is 1. The van der Waals surface area contributed by atoms with E-state index in [4.69, 9.17) is 14.5 Å². The van der Waals surface area contributed by atoms with Crippen LogP contribution in [-0.2, 0) is 4.74 Å². The smallest absolute Gasteiger partial charge is 0.194 e. The van der Waals surface area contributed by atoms with E-state index in [1.54, 1.807) is 0 Å². The van der Waals surface area contributed by atoms with Gasteiger partial charge < -0.3 is 19.7 Å². The van der Waals surface area contributed by atoms with Gasteiger partial charge in [-0.25, -0.2) is 4.99 Å². The molecule has 1 spiro atoms. The van der Waals surface area contributed by atoms with Gasteiger partial charge in [-0.15, -0.1) is 24.0 Å². The predicted molar refractivity (Wildman–Crippen MR) is 115 cm³/mol. The molecule has 1 atom stereocenters. The van der Waals surface area contributed by atoms with Gasteiger partial charge in [0.15, 0.2) is 5.96 Å². The van der Waals surface area contributed by atoms with Crippen LogP contribution in [0.4, 0.5) is 0 Å². The molecular formula is C18H27BrIN3O2. The predicted octanol–water partition coefficient (Wildman–Crippen LogP) is 3.52. The zero-order valence-corrected chi connectivity index (χ0v) is 18.6. The first-order chi connectivity index (χ1) is 11.7. The van der Waals surface area contributed by atoms with Gasteiger partial charge in [0.2, 0.25) is 0 Å². The van der Waals surface area contributed by atoms with Crippen LogP contribution >= 0.6 is 39.9 Å². The van der Waals surface area contributed by atoms with Crippen LogP contribution in [0, 0.1) is 5.41 Å². The number of nitrogens with zero attached hydrogens (tertiary/aromatic N) is 2. The van der Waals surface area contributed by atoms with Gasteiger partial charge in [0.05, 0.1) is 13.2 Å². The molecule has 1 aromatic carbocycles. The number of ether oxygens (including phenoxy) is 2. The molecule has 3 rings (SSSR count). The highest BCUT2D eigenvalue weighted by Crippen LogP contribution is 2.38. The minimum Gasteiger partial charge on any atom is -0.492 e. The fourth-order valence-corrected chi connectivity index (χ4v) is 3.62. The third-order valence-corrected chi connectivity index (χ3v) is 5.22. The second-order valence-corrected chi connectivity index (χ2v) is 7.43. The van der Waals surface area contributed by atoms with Crippen LogP contribution < -0.4 is 10.1 Å². The van der Waals surface area contributed by atoms with Crippen LogP contribution in [0.1, 0.15) is 19.8 Å². The molecule has 2 aliphatic heterocycles.